The van der Waals surface area contributed by atoms with Crippen LogP contribution in [0, 0.1) is 0 Å². The molecule has 0 spiro atoms. The van der Waals surface area contributed by atoms with Crippen LogP contribution in [0.1, 0.15) is 24.2 Å². The maximum absolute atomic E-state index is 12.1. The molecular weight excluding hydrogens is 325 g/mol. The van der Waals surface area contributed by atoms with Crippen LogP contribution in [0.2, 0.25) is 10.0 Å². The quantitative estimate of drug-likeness (QED) is 0.809. The van der Waals surface area contributed by atoms with Crippen molar-refractivity contribution in [3.05, 3.63) is 39.4 Å². The molecule has 0 saturated carbocycles. The van der Waals surface area contributed by atoms with E-state index in [4.69, 9.17) is 28.3 Å². The fourth-order valence-corrected chi connectivity index (χ4v) is 3.25. The first-order valence-corrected chi connectivity index (χ1v) is 7.75. The third-order valence-corrected chi connectivity index (χ3v) is 4.63. The van der Waals surface area contributed by atoms with Crippen LogP contribution in [0.5, 0.6) is 0 Å². The van der Waals surface area contributed by atoms with E-state index < -0.39 is 26.6 Å². The van der Waals surface area contributed by atoms with Gasteiger partial charge in [0.1, 0.15) is 4.90 Å². The Morgan fingerprint density at radius 3 is 2.45 bits per heavy atom. The number of rotatable bonds is 5. The first-order chi connectivity index (χ1) is 9.16. The fourth-order valence-electron chi connectivity index (χ4n) is 1.37. The summed E-state index contributed by atoms with van der Waals surface area (Å²) in [6.45, 7) is 3.74. The van der Waals surface area contributed by atoms with E-state index in [1.165, 1.54) is 12.1 Å². The summed E-state index contributed by atoms with van der Waals surface area (Å²) in [4.78, 5) is 10.7. The molecule has 0 heterocycles. The molecule has 20 heavy (non-hydrogen) atoms. The average molecular weight is 338 g/mol. The minimum atomic E-state index is -3.91. The van der Waals surface area contributed by atoms with E-state index in [1.807, 2.05) is 13.8 Å². The highest BCUT2D eigenvalue weighted by molar-refractivity contribution is 7.89. The number of nitrogens with one attached hydrogen (secondary N) is 1. The topological polar surface area (TPSA) is 83.5 Å². The van der Waals surface area contributed by atoms with Crippen molar-refractivity contribution in [1.29, 1.82) is 0 Å². The molecule has 0 saturated heterocycles. The number of halogens is 2. The number of carboxylic acids is 1. The predicted molar refractivity (Wildman–Crippen MR) is 78.0 cm³/mol. The minimum absolute atomic E-state index is 0.0893. The molecule has 0 aliphatic rings. The number of carboxylic acid groups (broad SMARTS) is 1. The largest absolute Gasteiger partial charge is 0.478 e. The van der Waals surface area contributed by atoms with Gasteiger partial charge < -0.3 is 5.11 Å². The van der Waals surface area contributed by atoms with E-state index in [1.54, 1.807) is 6.08 Å². The summed E-state index contributed by atoms with van der Waals surface area (Å²) in [5.74, 6) is -1.39. The third kappa shape index (κ3) is 3.96. The van der Waals surface area contributed by atoms with Crippen LogP contribution >= 0.6 is 23.2 Å². The Labute approximate surface area is 127 Å². The van der Waals surface area contributed by atoms with Crippen LogP contribution in [0.25, 0.3) is 0 Å². The lowest BCUT2D eigenvalue weighted by Gasteiger charge is -2.10. The number of hydrogen-bond donors (Lipinski definition) is 2. The fraction of sp³-hybridized carbons (Fsp3) is 0.250. The molecular formula is C12H13Cl2NO4S. The molecule has 1 aromatic rings. The van der Waals surface area contributed by atoms with Gasteiger partial charge in [-0.2, -0.15) is 0 Å². The summed E-state index contributed by atoms with van der Waals surface area (Å²) in [5, 5.41) is 8.46. The summed E-state index contributed by atoms with van der Waals surface area (Å²) in [5.41, 5.74) is 0.513. The molecule has 2 N–H and O–H groups in total. The van der Waals surface area contributed by atoms with Gasteiger partial charge in [-0.15, -0.1) is 0 Å². The zero-order valence-corrected chi connectivity index (χ0v) is 13.1. The highest BCUT2D eigenvalue weighted by Gasteiger charge is 2.24. The lowest BCUT2D eigenvalue weighted by Crippen LogP contribution is -2.24. The monoisotopic (exact) mass is 337 g/mol. The summed E-state index contributed by atoms with van der Waals surface area (Å²) in [6, 6.07) is 2.36. The van der Waals surface area contributed by atoms with Crippen molar-refractivity contribution in [1.82, 2.24) is 4.72 Å². The molecule has 0 bridgehead atoms. The number of aromatic carboxylic acids is 1. The third-order valence-electron chi connectivity index (χ3n) is 2.34. The molecule has 0 unspecified atom stereocenters. The smallest absolute Gasteiger partial charge is 0.338 e. The molecule has 8 heteroatoms. The molecule has 0 atom stereocenters. The van der Waals surface area contributed by atoms with E-state index in [-0.39, 0.29) is 16.5 Å². The predicted octanol–water partition coefficient (Wildman–Crippen LogP) is 2.94. The lowest BCUT2D eigenvalue weighted by atomic mass is 10.2. The average Bonchev–Trinajstić information content (AvgIpc) is 2.26. The van der Waals surface area contributed by atoms with Gasteiger partial charge in [-0.3, -0.25) is 0 Å². The van der Waals surface area contributed by atoms with Crippen LogP contribution in [-0.2, 0) is 10.0 Å². The molecule has 5 nitrogen and oxygen atoms in total. The van der Waals surface area contributed by atoms with E-state index in [9.17, 15) is 13.2 Å². The normalized spacial score (nSPS) is 11.2. The Morgan fingerprint density at radius 1 is 1.35 bits per heavy atom. The van der Waals surface area contributed by atoms with Crippen molar-refractivity contribution in [2.75, 3.05) is 6.54 Å². The summed E-state index contributed by atoms with van der Waals surface area (Å²) in [7, 11) is -3.91. The van der Waals surface area contributed by atoms with Gasteiger partial charge in [0.25, 0.3) is 0 Å². The van der Waals surface area contributed by atoms with Gasteiger partial charge in [0.05, 0.1) is 15.6 Å². The lowest BCUT2D eigenvalue weighted by molar-refractivity contribution is 0.0697. The van der Waals surface area contributed by atoms with Crippen molar-refractivity contribution >= 4 is 39.2 Å². The van der Waals surface area contributed by atoms with Gasteiger partial charge in [-0.1, -0.05) is 34.9 Å². The molecule has 0 aromatic heterocycles. The van der Waals surface area contributed by atoms with E-state index in [0.29, 0.717) is 0 Å². The highest BCUT2D eigenvalue weighted by Crippen LogP contribution is 2.30. The van der Waals surface area contributed by atoms with Crippen molar-refractivity contribution in [2.45, 2.75) is 18.7 Å². The van der Waals surface area contributed by atoms with Gasteiger partial charge in [0.2, 0.25) is 10.0 Å². The molecule has 110 valence electrons. The zero-order chi connectivity index (χ0) is 15.5. The van der Waals surface area contributed by atoms with Gasteiger partial charge in [0.15, 0.2) is 0 Å². The van der Waals surface area contributed by atoms with Gasteiger partial charge in [-0.05, 0) is 26.0 Å². The summed E-state index contributed by atoms with van der Waals surface area (Å²) >= 11 is 11.5. The molecule has 1 rings (SSSR count). The standard InChI is InChI=1S/C12H13Cl2NO4S/c1-7(2)5-6-15-20(18,19)9-4-3-8(13)10(11(9)14)12(16)17/h3-5,15H,6H2,1-2H3,(H,16,17). The van der Waals surface area contributed by atoms with Gasteiger partial charge in [-0.25, -0.2) is 17.9 Å². The Kier molecular flexibility index (Phi) is 5.59. The Bertz CT molecular complexity index is 664. The second-order valence-corrected chi connectivity index (χ2v) is 6.69. The second-order valence-electron chi connectivity index (χ2n) is 4.17. The van der Waals surface area contributed by atoms with Crippen LogP contribution in [-0.4, -0.2) is 26.0 Å². The first kappa shape index (κ1) is 17.0. The van der Waals surface area contributed by atoms with Gasteiger partial charge in [0, 0.05) is 6.54 Å². The molecule has 1 aromatic carbocycles. The number of benzene rings is 1. The van der Waals surface area contributed by atoms with Crippen LogP contribution < -0.4 is 4.72 Å². The Hall–Kier alpha value is -1.08. The number of carbonyl (C=O) groups is 1. The zero-order valence-electron chi connectivity index (χ0n) is 10.8. The number of allylic oxidation sites excluding steroid dienone is 1. The maximum atomic E-state index is 12.1. The van der Waals surface area contributed by atoms with E-state index in [2.05, 4.69) is 4.72 Å². The van der Waals surface area contributed by atoms with Crippen molar-refractivity contribution in [3.63, 3.8) is 0 Å². The minimum Gasteiger partial charge on any atom is -0.478 e. The molecule has 0 radical (unpaired) electrons. The van der Waals surface area contributed by atoms with E-state index >= 15 is 0 Å². The first-order valence-electron chi connectivity index (χ1n) is 5.51. The van der Waals surface area contributed by atoms with Crippen molar-refractivity contribution in [2.24, 2.45) is 0 Å². The Morgan fingerprint density at radius 2 is 1.95 bits per heavy atom. The summed E-state index contributed by atoms with van der Waals surface area (Å²) < 4.78 is 26.4. The van der Waals surface area contributed by atoms with E-state index in [0.717, 1.165) is 5.57 Å². The molecule has 0 amide bonds. The molecule has 0 aliphatic carbocycles. The number of sulfonamides is 1. The second kappa shape index (κ2) is 6.58. The molecule has 0 fully saturated rings. The SMILES string of the molecule is CC(C)=CCNS(=O)(=O)c1ccc(Cl)c(C(=O)O)c1Cl. The molecule has 0 aliphatic heterocycles. The number of hydrogen-bond acceptors (Lipinski definition) is 3. The highest BCUT2D eigenvalue weighted by atomic mass is 35.5. The van der Waals surface area contributed by atoms with Crippen LogP contribution in [0.4, 0.5) is 0 Å². The maximum Gasteiger partial charge on any atom is 0.338 e. The van der Waals surface area contributed by atoms with Gasteiger partial charge >= 0.3 is 5.97 Å². The van der Waals surface area contributed by atoms with Crippen LogP contribution in [0.15, 0.2) is 28.7 Å². The Balaban J connectivity index is 3.23. The summed E-state index contributed by atoms with van der Waals surface area (Å²) in [6.07, 6.45) is 1.68. The van der Waals surface area contributed by atoms with Crippen molar-refractivity contribution in [3.8, 4) is 0 Å². The van der Waals surface area contributed by atoms with Crippen LogP contribution in [0.3, 0.4) is 0 Å². The van der Waals surface area contributed by atoms with Crippen molar-refractivity contribution < 1.29 is 18.3 Å².